The minimum atomic E-state index is -0.0629. The van der Waals surface area contributed by atoms with Gasteiger partial charge in [-0.1, -0.05) is 24.3 Å². The fourth-order valence-electron chi connectivity index (χ4n) is 1.59. The molecular formula is C12H11NOS. The van der Waals surface area contributed by atoms with Crippen LogP contribution in [0.15, 0.2) is 41.3 Å². The van der Waals surface area contributed by atoms with Crippen molar-refractivity contribution in [3.63, 3.8) is 0 Å². The predicted molar refractivity (Wildman–Crippen MR) is 65.5 cm³/mol. The maximum Gasteiger partial charge on any atom is 0.221 e. The van der Waals surface area contributed by atoms with E-state index >= 15 is 0 Å². The Morgan fingerprint density at radius 1 is 1.13 bits per heavy atom. The second-order valence-electron chi connectivity index (χ2n) is 3.36. The number of carbonyl (C=O) groups is 1. The minimum absolute atomic E-state index is 0.0629. The smallest absolute Gasteiger partial charge is 0.221 e. The number of fused-ring (bicyclic) bond motifs is 1. The van der Waals surface area contributed by atoms with Crippen LogP contribution in [0.2, 0.25) is 0 Å². The summed E-state index contributed by atoms with van der Waals surface area (Å²) in [5.41, 5.74) is 0.830. The predicted octanol–water partition coefficient (Wildman–Crippen LogP) is 3.09. The molecule has 2 aromatic carbocycles. The van der Waals surface area contributed by atoms with Gasteiger partial charge >= 0.3 is 0 Å². The third kappa shape index (κ3) is 1.97. The van der Waals surface area contributed by atoms with Crippen molar-refractivity contribution < 1.29 is 4.79 Å². The van der Waals surface area contributed by atoms with E-state index in [2.05, 4.69) is 17.9 Å². The summed E-state index contributed by atoms with van der Waals surface area (Å²) in [4.78, 5) is 11.9. The first-order valence-corrected chi connectivity index (χ1v) is 5.11. The van der Waals surface area contributed by atoms with Gasteiger partial charge in [0, 0.05) is 22.9 Å². The first-order chi connectivity index (χ1) is 7.18. The van der Waals surface area contributed by atoms with Gasteiger partial charge in [0.15, 0.2) is 0 Å². The Hall–Kier alpha value is -1.48. The van der Waals surface area contributed by atoms with Gasteiger partial charge in [0.2, 0.25) is 5.91 Å². The molecule has 0 aliphatic carbocycles. The molecule has 0 saturated carbocycles. The highest BCUT2D eigenvalue weighted by molar-refractivity contribution is 7.80. The molecule has 76 valence electrons. The van der Waals surface area contributed by atoms with Crippen molar-refractivity contribution in [3.8, 4) is 0 Å². The largest absolute Gasteiger partial charge is 0.326 e. The summed E-state index contributed by atoms with van der Waals surface area (Å²) in [5.74, 6) is -0.0629. The van der Waals surface area contributed by atoms with E-state index in [1.807, 2.05) is 36.4 Å². The zero-order valence-corrected chi connectivity index (χ0v) is 9.21. The lowest BCUT2D eigenvalue weighted by atomic mass is 10.1. The fourth-order valence-corrected chi connectivity index (χ4v) is 1.87. The molecule has 1 N–H and O–H groups in total. The molecule has 3 heteroatoms. The quantitative estimate of drug-likeness (QED) is 0.706. The van der Waals surface area contributed by atoms with Crippen molar-refractivity contribution in [2.45, 2.75) is 11.8 Å². The van der Waals surface area contributed by atoms with Crippen molar-refractivity contribution in [2.24, 2.45) is 0 Å². The summed E-state index contributed by atoms with van der Waals surface area (Å²) in [6.07, 6.45) is 0. The van der Waals surface area contributed by atoms with Gasteiger partial charge in [-0.25, -0.2) is 0 Å². The lowest BCUT2D eigenvalue weighted by Gasteiger charge is -2.07. The molecule has 0 unspecified atom stereocenters. The number of rotatable bonds is 1. The van der Waals surface area contributed by atoms with E-state index in [1.54, 1.807) is 0 Å². The number of hydrogen-bond donors (Lipinski definition) is 2. The Balaban J connectivity index is 2.65. The Morgan fingerprint density at radius 3 is 2.53 bits per heavy atom. The average molecular weight is 217 g/mol. The molecule has 2 rings (SSSR count). The van der Waals surface area contributed by atoms with E-state index in [0.717, 1.165) is 21.4 Å². The van der Waals surface area contributed by atoms with E-state index in [1.165, 1.54) is 6.92 Å². The van der Waals surface area contributed by atoms with E-state index < -0.39 is 0 Å². The molecule has 0 heterocycles. The number of benzene rings is 2. The number of thiol groups is 1. The first-order valence-electron chi connectivity index (χ1n) is 4.67. The Kier molecular flexibility index (Phi) is 2.64. The standard InChI is InChI=1S/C12H11NOS/c1-8(14)13-11-6-2-5-10-9(11)4-3-7-12(10)15/h2-7,15H,1H3,(H,13,14). The molecule has 0 spiro atoms. The lowest BCUT2D eigenvalue weighted by Crippen LogP contribution is -2.05. The van der Waals surface area contributed by atoms with E-state index in [-0.39, 0.29) is 5.91 Å². The average Bonchev–Trinajstić information content (AvgIpc) is 2.19. The highest BCUT2D eigenvalue weighted by atomic mass is 32.1. The zero-order valence-electron chi connectivity index (χ0n) is 8.32. The molecule has 0 atom stereocenters. The third-order valence-corrected chi connectivity index (χ3v) is 2.60. The monoisotopic (exact) mass is 217 g/mol. The summed E-state index contributed by atoms with van der Waals surface area (Å²) in [7, 11) is 0. The van der Waals surface area contributed by atoms with E-state index in [9.17, 15) is 4.79 Å². The second-order valence-corrected chi connectivity index (χ2v) is 3.84. The van der Waals surface area contributed by atoms with Gasteiger partial charge < -0.3 is 5.32 Å². The first kappa shape index (κ1) is 10.1. The molecule has 15 heavy (non-hydrogen) atoms. The highest BCUT2D eigenvalue weighted by Crippen LogP contribution is 2.27. The van der Waals surface area contributed by atoms with Gasteiger partial charge in [-0.2, -0.15) is 0 Å². The van der Waals surface area contributed by atoms with E-state index in [0.29, 0.717) is 0 Å². The van der Waals surface area contributed by atoms with Crippen LogP contribution in [0.1, 0.15) is 6.92 Å². The Morgan fingerprint density at radius 2 is 1.80 bits per heavy atom. The van der Waals surface area contributed by atoms with Crippen LogP contribution in [-0.4, -0.2) is 5.91 Å². The molecule has 0 bridgehead atoms. The molecule has 2 aromatic rings. The summed E-state index contributed by atoms with van der Waals surface area (Å²) in [5, 5.41) is 4.86. The van der Waals surface area contributed by atoms with Crippen LogP contribution in [0, 0.1) is 0 Å². The van der Waals surface area contributed by atoms with Gasteiger partial charge in [0.1, 0.15) is 0 Å². The van der Waals surface area contributed by atoms with Crippen LogP contribution in [0.3, 0.4) is 0 Å². The van der Waals surface area contributed by atoms with Crippen LogP contribution in [0.5, 0.6) is 0 Å². The Bertz CT molecular complexity index is 522. The zero-order chi connectivity index (χ0) is 10.8. The van der Waals surface area contributed by atoms with Crippen LogP contribution >= 0.6 is 12.6 Å². The summed E-state index contributed by atoms with van der Waals surface area (Å²) >= 11 is 4.38. The fraction of sp³-hybridized carbons (Fsp3) is 0.0833. The number of nitrogens with one attached hydrogen (secondary N) is 1. The molecule has 0 aromatic heterocycles. The molecule has 0 radical (unpaired) electrons. The van der Waals surface area contributed by atoms with Crippen molar-refractivity contribution in [2.75, 3.05) is 5.32 Å². The molecule has 0 fully saturated rings. The molecular weight excluding hydrogens is 206 g/mol. The number of amides is 1. The molecule has 1 amide bonds. The summed E-state index contributed by atoms with van der Waals surface area (Å²) in [6.45, 7) is 1.50. The number of hydrogen-bond acceptors (Lipinski definition) is 2. The second kappa shape index (κ2) is 3.95. The van der Waals surface area contributed by atoms with Gasteiger partial charge in [0.25, 0.3) is 0 Å². The maximum absolute atomic E-state index is 11.0. The van der Waals surface area contributed by atoms with Gasteiger partial charge in [-0.15, -0.1) is 12.6 Å². The van der Waals surface area contributed by atoms with Gasteiger partial charge in [-0.05, 0) is 17.5 Å². The van der Waals surface area contributed by atoms with Crippen molar-refractivity contribution >= 4 is 35.0 Å². The van der Waals surface area contributed by atoms with Crippen LogP contribution in [-0.2, 0) is 4.79 Å². The maximum atomic E-state index is 11.0. The number of anilines is 1. The van der Waals surface area contributed by atoms with Crippen LogP contribution < -0.4 is 5.32 Å². The lowest BCUT2D eigenvalue weighted by molar-refractivity contribution is -0.114. The SMILES string of the molecule is CC(=O)Nc1cccc2c(S)cccc12. The molecule has 0 aliphatic heterocycles. The van der Waals surface area contributed by atoms with Crippen molar-refractivity contribution in [3.05, 3.63) is 36.4 Å². The van der Waals surface area contributed by atoms with Gasteiger partial charge in [0.05, 0.1) is 0 Å². The normalized spacial score (nSPS) is 10.3. The topological polar surface area (TPSA) is 29.1 Å². The van der Waals surface area contributed by atoms with Crippen molar-refractivity contribution in [1.29, 1.82) is 0 Å². The van der Waals surface area contributed by atoms with E-state index in [4.69, 9.17) is 0 Å². The molecule has 0 aliphatic rings. The molecule has 2 nitrogen and oxygen atoms in total. The van der Waals surface area contributed by atoms with Crippen LogP contribution in [0.4, 0.5) is 5.69 Å². The Labute approximate surface area is 93.7 Å². The minimum Gasteiger partial charge on any atom is -0.326 e. The van der Waals surface area contributed by atoms with Gasteiger partial charge in [-0.3, -0.25) is 4.79 Å². The summed E-state index contributed by atoms with van der Waals surface area (Å²) in [6, 6.07) is 11.6. The summed E-state index contributed by atoms with van der Waals surface area (Å²) < 4.78 is 0. The molecule has 0 saturated heterocycles. The third-order valence-electron chi connectivity index (χ3n) is 2.21. The van der Waals surface area contributed by atoms with Crippen molar-refractivity contribution in [1.82, 2.24) is 0 Å². The van der Waals surface area contributed by atoms with Crippen LogP contribution in [0.25, 0.3) is 10.8 Å². The number of carbonyl (C=O) groups excluding carboxylic acids is 1. The highest BCUT2D eigenvalue weighted by Gasteiger charge is 2.03.